The summed E-state index contributed by atoms with van der Waals surface area (Å²) in [6.45, 7) is 8.59. The minimum Gasteiger partial charge on any atom is -0.325 e. The molecule has 5 nitrogen and oxygen atoms in total. The van der Waals surface area contributed by atoms with E-state index in [1.807, 2.05) is 71.0 Å². The quantitative estimate of drug-likeness (QED) is 0.293. The molecule has 1 N–H and O–H groups in total. The smallest absolute Gasteiger partial charge is 0.247 e. The van der Waals surface area contributed by atoms with Gasteiger partial charge >= 0.3 is 0 Å². The molecule has 0 spiro atoms. The van der Waals surface area contributed by atoms with E-state index in [0.29, 0.717) is 16.8 Å². The molecule has 1 atom stereocenters. The van der Waals surface area contributed by atoms with Crippen LogP contribution in [0, 0.1) is 5.82 Å². The predicted octanol–water partition coefficient (Wildman–Crippen LogP) is 6.75. The molecule has 8 heteroatoms. The summed E-state index contributed by atoms with van der Waals surface area (Å²) in [5.41, 5.74) is 5.12. The number of amides is 1. The lowest BCUT2D eigenvalue weighted by molar-refractivity contribution is -0.115. The zero-order valence-corrected chi connectivity index (χ0v) is 23.7. The molecule has 0 saturated heterocycles. The third-order valence-electron chi connectivity index (χ3n) is 6.19. The highest BCUT2D eigenvalue weighted by atomic mass is 35.5. The Balaban J connectivity index is 2.10. The fourth-order valence-corrected chi connectivity index (χ4v) is 5.36. The zero-order chi connectivity index (χ0) is 27.4. The first-order chi connectivity index (χ1) is 17.4. The van der Waals surface area contributed by atoms with E-state index in [1.165, 1.54) is 6.07 Å². The van der Waals surface area contributed by atoms with Crippen LogP contribution in [-0.4, -0.2) is 33.3 Å². The van der Waals surface area contributed by atoms with Crippen molar-refractivity contribution < 1.29 is 17.6 Å². The summed E-state index contributed by atoms with van der Waals surface area (Å²) in [5.74, 6) is -1.25. The van der Waals surface area contributed by atoms with E-state index in [1.54, 1.807) is 24.3 Å². The maximum atomic E-state index is 13.8. The number of nitrogens with zero attached hydrogens (tertiary/aromatic N) is 1. The highest BCUT2D eigenvalue weighted by Gasteiger charge is 2.31. The number of thiol groups is 1. The average Bonchev–Trinajstić information content (AvgIpc) is 2.81. The van der Waals surface area contributed by atoms with Gasteiger partial charge in [0.25, 0.3) is 0 Å². The van der Waals surface area contributed by atoms with Gasteiger partial charge in [-0.15, -0.1) is 0 Å². The second-order valence-corrected chi connectivity index (χ2v) is 11.6. The summed E-state index contributed by atoms with van der Waals surface area (Å²) >= 11 is 6.03. The monoisotopic (exact) mass is 544 g/mol. The molecule has 3 rings (SSSR count). The van der Waals surface area contributed by atoms with Crippen LogP contribution in [0.2, 0.25) is 5.02 Å². The van der Waals surface area contributed by atoms with Gasteiger partial charge in [0.05, 0.1) is 5.02 Å². The number of halogens is 2. The molecule has 0 bridgehead atoms. The maximum absolute atomic E-state index is 13.8. The van der Waals surface area contributed by atoms with E-state index in [2.05, 4.69) is 5.32 Å². The third kappa shape index (κ3) is 6.98. The summed E-state index contributed by atoms with van der Waals surface area (Å²) < 4.78 is 39.0. The Labute approximate surface area is 225 Å². The van der Waals surface area contributed by atoms with Crippen molar-refractivity contribution in [3.05, 3.63) is 87.7 Å². The molecular weight excluding hydrogens is 511 g/mol. The van der Waals surface area contributed by atoms with Crippen molar-refractivity contribution in [1.82, 2.24) is 4.90 Å². The van der Waals surface area contributed by atoms with Gasteiger partial charge in [-0.05, 0) is 83.6 Å². The van der Waals surface area contributed by atoms with Crippen LogP contribution in [0.4, 0.5) is 10.1 Å². The van der Waals surface area contributed by atoms with Crippen LogP contribution in [0.25, 0.3) is 11.1 Å². The van der Waals surface area contributed by atoms with Crippen molar-refractivity contribution in [2.75, 3.05) is 19.4 Å². The van der Waals surface area contributed by atoms with Crippen LogP contribution in [0.3, 0.4) is 0 Å². The van der Waals surface area contributed by atoms with Crippen molar-refractivity contribution in [3.63, 3.8) is 0 Å². The molecule has 37 heavy (non-hydrogen) atoms. The molecule has 0 aliphatic heterocycles. The molecular formula is C29H34ClFN2O3S. The Bertz CT molecular complexity index is 1310. The lowest BCUT2D eigenvalue weighted by Crippen LogP contribution is -2.25. The number of rotatable bonds is 9. The Kier molecular flexibility index (Phi) is 9.51. The molecule has 1 unspecified atom stereocenters. The van der Waals surface area contributed by atoms with Gasteiger partial charge in [0.15, 0.2) is 16.0 Å². The Morgan fingerprint density at radius 1 is 0.919 bits per heavy atom. The van der Waals surface area contributed by atoms with Gasteiger partial charge in [-0.3, -0.25) is 4.79 Å². The van der Waals surface area contributed by atoms with Gasteiger partial charge in [0.1, 0.15) is 5.82 Å². The minimum absolute atomic E-state index is 0.00950. The second-order valence-electron chi connectivity index (χ2n) is 10.1. The first-order valence-corrected chi connectivity index (χ1v) is 13.8. The molecule has 0 saturated carbocycles. The van der Waals surface area contributed by atoms with Gasteiger partial charge < -0.3 is 10.2 Å². The van der Waals surface area contributed by atoms with Gasteiger partial charge in [0.2, 0.25) is 5.91 Å². The van der Waals surface area contributed by atoms with E-state index >= 15 is 0 Å². The van der Waals surface area contributed by atoms with Gasteiger partial charge in [-0.25, -0.2) is 12.8 Å². The molecule has 0 radical (unpaired) electrons. The van der Waals surface area contributed by atoms with Crippen molar-refractivity contribution >= 4 is 33.9 Å². The summed E-state index contributed by atoms with van der Waals surface area (Å²) in [5, 5.41) is 1.44. The van der Waals surface area contributed by atoms with E-state index in [4.69, 9.17) is 11.6 Å². The molecule has 0 aliphatic rings. The SMILES string of the molecule is CC(C)c1cc(-c2ccc(F)c(Cl)c2)cc(C(C)C)c1C(C(=O)Nc1ccc(CN(C)C)cc1)[SH](=O)=O. The normalized spacial score (nSPS) is 12.5. The molecule has 0 aliphatic carbocycles. The predicted molar refractivity (Wildman–Crippen MR) is 151 cm³/mol. The lowest BCUT2D eigenvalue weighted by Gasteiger charge is -2.25. The lowest BCUT2D eigenvalue weighted by atomic mass is 9.83. The van der Waals surface area contributed by atoms with Crippen LogP contribution < -0.4 is 5.32 Å². The fourth-order valence-electron chi connectivity index (χ4n) is 4.41. The van der Waals surface area contributed by atoms with Crippen molar-refractivity contribution in [2.45, 2.75) is 51.3 Å². The molecule has 3 aromatic rings. The van der Waals surface area contributed by atoms with E-state index in [0.717, 1.165) is 28.8 Å². The average molecular weight is 545 g/mol. The van der Waals surface area contributed by atoms with Gasteiger partial charge in [-0.1, -0.05) is 69.6 Å². The fraction of sp³-hybridized carbons (Fsp3) is 0.345. The minimum atomic E-state index is -3.14. The molecule has 3 aromatic carbocycles. The van der Waals surface area contributed by atoms with Gasteiger partial charge in [0, 0.05) is 12.2 Å². The van der Waals surface area contributed by atoms with E-state index in [-0.39, 0.29) is 16.9 Å². The largest absolute Gasteiger partial charge is 0.325 e. The summed E-state index contributed by atoms with van der Waals surface area (Å²) in [6.07, 6.45) is 0. The first kappa shape index (κ1) is 28.8. The van der Waals surface area contributed by atoms with Crippen LogP contribution in [0.5, 0.6) is 0 Å². The van der Waals surface area contributed by atoms with Crippen molar-refractivity contribution in [2.24, 2.45) is 0 Å². The van der Waals surface area contributed by atoms with E-state index in [9.17, 15) is 17.6 Å². The van der Waals surface area contributed by atoms with Crippen LogP contribution in [0.1, 0.15) is 67.0 Å². The van der Waals surface area contributed by atoms with Crippen molar-refractivity contribution in [1.29, 1.82) is 0 Å². The standard InChI is InChI=1S/C29H34ClFN2O3S/c1-17(2)23-13-21(20-9-12-26(31)25(30)15-20)14-24(18(3)4)27(23)28(37(35)36)29(34)32-22-10-7-19(8-11-22)16-33(5)6/h7-15,17-18,28,37H,16H2,1-6H3,(H,32,34). The summed E-state index contributed by atoms with van der Waals surface area (Å²) in [7, 11) is 0.805. The molecule has 0 aromatic heterocycles. The van der Waals surface area contributed by atoms with Gasteiger partial charge in [-0.2, -0.15) is 0 Å². The number of hydrogen-bond donors (Lipinski definition) is 2. The topological polar surface area (TPSA) is 66.5 Å². The Hall–Kier alpha value is -2.74. The maximum Gasteiger partial charge on any atom is 0.247 e. The number of carbonyl (C=O) groups is 1. The highest BCUT2D eigenvalue weighted by molar-refractivity contribution is 7.73. The highest BCUT2D eigenvalue weighted by Crippen LogP contribution is 2.39. The molecule has 0 heterocycles. The van der Waals surface area contributed by atoms with Crippen LogP contribution in [-0.2, 0) is 22.0 Å². The Morgan fingerprint density at radius 3 is 1.95 bits per heavy atom. The third-order valence-corrected chi connectivity index (χ3v) is 7.40. The zero-order valence-electron chi connectivity index (χ0n) is 22.0. The molecule has 1 amide bonds. The second kappa shape index (κ2) is 12.2. The first-order valence-electron chi connectivity index (χ1n) is 12.2. The number of benzene rings is 3. The number of hydrogen-bond acceptors (Lipinski definition) is 4. The molecule has 0 fully saturated rings. The van der Waals surface area contributed by atoms with E-state index < -0.39 is 27.7 Å². The summed E-state index contributed by atoms with van der Waals surface area (Å²) in [6, 6.07) is 15.6. The number of nitrogens with one attached hydrogen (secondary N) is 1. The Morgan fingerprint density at radius 2 is 1.49 bits per heavy atom. The number of anilines is 1. The number of carbonyl (C=O) groups excluding carboxylic acids is 1. The van der Waals surface area contributed by atoms with Crippen LogP contribution >= 0.6 is 11.6 Å². The van der Waals surface area contributed by atoms with Crippen molar-refractivity contribution in [3.8, 4) is 11.1 Å². The summed E-state index contributed by atoms with van der Waals surface area (Å²) in [4.78, 5) is 15.5. The van der Waals surface area contributed by atoms with Crippen LogP contribution in [0.15, 0.2) is 54.6 Å². The molecule has 198 valence electrons.